The molecular formula is C15H13ClN4O3S. The van der Waals surface area contributed by atoms with Gasteiger partial charge in [-0.3, -0.25) is 14.9 Å². The Hall–Kier alpha value is -2.45. The number of halogens is 1. The number of carbonyl (C=O) groups excluding carboxylic acids is 1. The smallest absolute Gasteiger partial charge is 0.270 e. The van der Waals surface area contributed by atoms with Crippen LogP contribution >= 0.6 is 22.9 Å². The van der Waals surface area contributed by atoms with E-state index in [9.17, 15) is 14.9 Å². The Morgan fingerprint density at radius 1 is 1.46 bits per heavy atom. The van der Waals surface area contributed by atoms with Crippen LogP contribution in [0.3, 0.4) is 0 Å². The Labute approximate surface area is 146 Å². The third-order valence-electron chi connectivity index (χ3n) is 3.47. The zero-order chi connectivity index (χ0) is 17.1. The van der Waals surface area contributed by atoms with Gasteiger partial charge in [-0.2, -0.15) is 0 Å². The monoisotopic (exact) mass is 364 g/mol. The van der Waals surface area contributed by atoms with E-state index in [-0.39, 0.29) is 11.6 Å². The van der Waals surface area contributed by atoms with Gasteiger partial charge in [0, 0.05) is 47.7 Å². The number of nitro groups is 1. The van der Waals surface area contributed by atoms with Crippen LogP contribution in [0.4, 0.5) is 5.69 Å². The molecule has 0 saturated carbocycles. The second-order valence-corrected chi connectivity index (χ2v) is 6.52. The number of amides is 1. The van der Waals surface area contributed by atoms with Crippen LogP contribution in [0.2, 0.25) is 5.02 Å². The summed E-state index contributed by atoms with van der Waals surface area (Å²) in [6.07, 6.45) is 6.04. The molecule has 124 valence electrons. The van der Waals surface area contributed by atoms with E-state index < -0.39 is 4.92 Å². The molecule has 3 aromatic rings. The van der Waals surface area contributed by atoms with Gasteiger partial charge in [-0.25, -0.2) is 4.98 Å². The number of non-ortho nitro benzene ring substituents is 1. The number of nitro benzene ring substituents is 1. The van der Waals surface area contributed by atoms with Gasteiger partial charge in [-0.1, -0.05) is 11.6 Å². The molecule has 1 aromatic carbocycles. The molecule has 0 spiro atoms. The summed E-state index contributed by atoms with van der Waals surface area (Å²) in [5.41, 5.74) is -0.0206. The second kappa shape index (κ2) is 6.98. The van der Waals surface area contributed by atoms with Gasteiger partial charge in [0.05, 0.1) is 16.3 Å². The highest BCUT2D eigenvalue weighted by Gasteiger charge is 2.18. The first-order valence-electron chi connectivity index (χ1n) is 7.16. The van der Waals surface area contributed by atoms with E-state index in [2.05, 4.69) is 10.3 Å². The summed E-state index contributed by atoms with van der Waals surface area (Å²) in [5, 5.41) is 14.6. The van der Waals surface area contributed by atoms with Crippen LogP contribution in [0.1, 0.15) is 16.1 Å². The minimum Gasteiger partial charge on any atom is -0.351 e. The predicted octanol–water partition coefficient (Wildman–Crippen LogP) is 3.48. The van der Waals surface area contributed by atoms with Crippen LogP contribution < -0.4 is 5.32 Å². The number of imidazole rings is 1. The van der Waals surface area contributed by atoms with Crippen LogP contribution in [-0.2, 0) is 6.54 Å². The van der Waals surface area contributed by atoms with Gasteiger partial charge < -0.3 is 9.88 Å². The molecule has 0 atom stereocenters. The third-order valence-corrected chi connectivity index (χ3v) is 5.12. The molecule has 2 heterocycles. The van der Waals surface area contributed by atoms with E-state index in [1.54, 1.807) is 18.6 Å². The molecule has 1 amide bonds. The van der Waals surface area contributed by atoms with Crippen molar-refractivity contribution in [3.63, 3.8) is 0 Å². The van der Waals surface area contributed by atoms with Gasteiger partial charge in [0.2, 0.25) is 0 Å². The van der Waals surface area contributed by atoms with E-state index in [1.165, 1.54) is 12.1 Å². The Morgan fingerprint density at radius 3 is 3.00 bits per heavy atom. The first-order valence-corrected chi connectivity index (χ1v) is 8.36. The number of hydrogen-bond donors (Lipinski definition) is 1. The zero-order valence-electron chi connectivity index (χ0n) is 12.4. The molecule has 1 N–H and O–H groups in total. The number of nitrogens with one attached hydrogen (secondary N) is 1. The van der Waals surface area contributed by atoms with Crippen molar-refractivity contribution in [1.29, 1.82) is 0 Å². The van der Waals surface area contributed by atoms with Crippen molar-refractivity contribution in [2.24, 2.45) is 0 Å². The number of nitrogens with zero attached hydrogens (tertiary/aromatic N) is 3. The number of thiophene rings is 1. The number of fused-ring (bicyclic) bond motifs is 1. The molecule has 24 heavy (non-hydrogen) atoms. The van der Waals surface area contributed by atoms with Crippen LogP contribution in [0.25, 0.3) is 10.1 Å². The summed E-state index contributed by atoms with van der Waals surface area (Å²) in [7, 11) is 0. The minimum atomic E-state index is -0.469. The fourth-order valence-electron chi connectivity index (χ4n) is 2.28. The average molecular weight is 365 g/mol. The molecule has 2 aromatic heterocycles. The third kappa shape index (κ3) is 3.39. The van der Waals surface area contributed by atoms with Crippen LogP contribution in [0.15, 0.2) is 36.9 Å². The Balaban J connectivity index is 1.67. The van der Waals surface area contributed by atoms with E-state index in [4.69, 9.17) is 11.6 Å². The minimum absolute atomic E-state index is 0.0206. The number of hydrogen-bond acceptors (Lipinski definition) is 5. The van der Waals surface area contributed by atoms with Crippen molar-refractivity contribution in [2.45, 2.75) is 13.0 Å². The lowest BCUT2D eigenvalue weighted by Gasteiger charge is -2.04. The van der Waals surface area contributed by atoms with Crippen molar-refractivity contribution in [3.05, 3.63) is 56.9 Å². The molecule has 0 bridgehead atoms. The van der Waals surface area contributed by atoms with Crippen molar-refractivity contribution < 1.29 is 9.72 Å². The molecular weight excluding hydrogens is 352 g/mol. The van der Waals surface area contributed by atoms with Gasteiger partial charge in [0.15, 0.2) is 0 Å². The van der Waals surface area contributed by atoms with Crippen LogP contribution in [0.5, 0.6) is 0 Å². The molecule has 0 unspecified atom stereocenters. The maximum absolute atomic E-state index is 12.3. The van der Waals surface area contributed by atoms with Crippen molar-refractivity contribution in [3.8, 4) is 0 Å². The number of aromatic nitrogens is 2. The Bertz CT molecular complexity index is 892. The van der Waals surface area contributed by atoms with Crippen molar-refractivity contribution in [1.82, 2.24) is 14.9 Å². The summed E-state index contributed by atoms with van der Waals surface area (Å²) in [4.78, 5) is 27.0. The molecule has 9 heteroatoms. The highest BCUT2D eigenvalue weighted by molar-refractivity contribution is 7.21. The first-order chi connectivity index (χ1) is 11.6. The summed E-state index contributed by atoms with van der Waals surface area (Å²) in [6, 6.07) is 4.39. The maximum Gasteiger partial charge on any atom is 0.270 e. The Kier molecular flexibility index (Phi) is 4.77. The summed E-state index contributed by atoms with van der Waals surface area (Å²) >= 11 is 7.40. The van der Waals surface area contributed by atoms with E-state index in [0.717, 1.165) is 24.3 Å². The van der Waals surface area contributed by atoms with Gasteiger partial charge in [-0.05, 0) is 12.5 Å². The van der Waals surface area contributed by atoms with E-state index >= 15 is 0 Å². The average Bonchev–Trinajstić information content (AvgIpc) is 3.19. The van der Waals surface area contributed by atoms with Gasteiger partial charge >= 0.3 is 0 Å². The molecule has 0 fully saturated rings. The second-order valence-electron chi connectivity index (χ2n) is 5.09. The number of carbonyl (C=O) groups is 1. The molecule has 0 aliphatic rings. The highest BCUT2D eigenvalue weighted by Crippen LogP contribution is 2.37. The van der Waals surface area contributed by atoms with Gasteiger partial charge in [-0.15, -0.1) is 11.3 Å². The largest absolute Gasteiger partial charge is 0.351 e. The fraction of sp³-hybridized carbons (Fsp3) is 0.200. The molecule has 0 radical (unpaired) electrons. The lowest BCUT2D eigenvalue weighted by molar-refractivity contribution is -0.384. The lowest BCUT2D eigenvalue weighted by atomic mass is 10.2. The van der Waals surface area contributed by atoms with E-state index in [1.807, 2.05) is 10.8 Å². The van der Waals surface area contributed by atoms with Gasteiger partial charge in [0.25, 0.3) is 11.6 Å². The summed E-state index contributed by atoms with van der Waals surface area (Å²) < 4.78 is 2.55. The van der Waals surface area contributed by atoms with Crippen molar-refractivity contribution in [2.75, 3.05) is 6.54 Å². The van der Waals surface area contributed by atoms with Crippen LogP contribution in [0, 0.1) is 10.1 Å². The maximum atomic E-state index is 12.3. The first kappa shape index (κ1) is 16.4. The molecule has 0 saturated heterocycles. The standard InChI is InChI=1S/C15H13ClN4O3S/c16-13-11-3-2-10(20(22)23)8-12(11)24-14(13)15(21)18-4-1-6-19-7-5-17-9-19/h2-3,5,7-9H,1,4,6H2,(H,18,21). The summed E-state index contributed by atoms with van der Waals surface area (Å²) in [6.45, 7) is 1.26. The zero-order valence-corrected chi connectivity index (χ0v) is 14.0. The van der Waals surface area contributed by atoms with Crippen molar-refractivity contribution >= 4 is 44.6 Å². The fourth-order valence-corrected chi connectivity index (χ4v) is 3.74. The van der Waals surface area contributed by atoms with E-state index in [0.29, 0.717) is 26.5 Å². The SMILES string of the molecule is O=C(NCCCn1ccnc1)c1sc2cc([N+](=O)[O-])ccc2c1Cl. The number of aryl methyl sites for hydroxylation is 1. The molecule has 0 aliphatic heterocycles. The Morgan fingerprint density at radius 2 is 2.29 bits per heavy atom. The normalized spacial score (nSPS) is 10.9. The topological polar surface area (TPSA) is 90.1 Å². The highest BCUT2D eigenvalue weighted by atomic mass is 35.5. The quantitative estimate of drug-likeness (QED) is 0.412. The summed E-state index contributed by atoms with van der Waals surface area (Å²) in [5.74, 6) is -0.269. The molecule has 3 rings (SSSR count). The molecule has 0 aliphatic carbocycles. The van der Waals surface area contributed by atoms with Gasteiger partial charge in [0.1, 0.15) is 4.88 Å². The predicted molar refractivity (Wildman–Crippen MR) is 92.7 cm³/mol. The number of rotatable bonds is 6. The molecule has 7 nitrogen and oxygen atoms in total. The lowest BCUT2D eigenvalue weighted by Crippen LogP contribution is -2.24. The van der Waals surface area contributed by atoms with Crippen LogP contribution in [-0.4, -0.2) is 26.9 Å². The number of benzene rings is 1.